The molecule has 0 radical (unpaired) electrons. The van der Waals surface area contributed by atoms with Gasteiger partial charge in [0.25, 0.3) is 0 Å². The van der Waals surface area contributed by atoms with Gasteiger partial charge in [-0.1, -0.05) is 104 Å². The molecule has 1 heteroatoms. The van der Waals surface area contributed by atoms with Gasteiger partial charge in [-0.15, -0.1) is 0 Å². The molecule has 0 aromatic heterocycles. The minimum Gasteiger partial charge on any atom is -0.298 e. The third-order valence-corrected chi connectivity index (χ3v) is 9.70. The fraction of sp³-hybridized carbons (Fsp3) is 0.967. The van der Waals surface area contributed by atoms with Crippen LogP contribution < -0.4 is 0 Å². The molecule has 0 N–H and O–H groups in total. The molecule has 1 nitrogen and oxygen atoms in total. The van der Waals surface area contributed by atoms with Crippen molar-refractivity contribution < 1.29 is 4.79 Å². The Bertz CT molecular complexity index is 461. The van der Waals surface area contributed by atoms with Crippen molar-refractivity contribution in [3.63, 3.8) is 0 Å². The Morgan fingerprint density at radius 2 is 0.935 bits per heavy atom. The number of Topliss-reactive ketones (excluding diaryl/α,β-unsaturated/α-hetero) is 1. The third kappa shape index (κ3) is 6.83. The van der Waals surface area contributed by atoms with Gasteiger partial charge in [0.15, 0.2) is 0 Å². The number of ketones is 1. The van der Waals surface area contributed by atoms with Crippen LogP contribution in [-0.2, 0) is 4.79 Å². The summed E-state index contributed by atoms with van der Waals surface area (Å²) in [6.45, 7) is 4.59. The first-order valence-electron chi connectivity index (χ1n) is 14.7. The Kier molecular flexibility index (Phi) is 10.4. The smallest absolute Gasteiger partial charge is 0.145 e. The highest BCUT2D eigenvalue weighted by atomic mass is 16.1. The third-order valence-electron chi connectivity index (χ3n) is 9.70. The molecule has 0 aromatic carbocycles. The quantitative estimate of drug-likeness (QED) is 0.250. The van der Waals surface area contributed by atoms with Crippen LogP contribution >= 0.6 is 0 Å². The van der Waals surface area contributed by atoms with Gasteiger partial charge in [-0.25, -0.2) is 0 Å². The van der Waals surface area contributed by atoms with Gasteiger partial charge in [0.1, 0.15) is 5.78 Å². The molecule has 0 aliphatic heterocycles. The first-order valence-corrected chi connectivity index (χ1v) is 14.7. The van der Waals surface area contributed by atoms with Gasteiger partial charge >= 0.3 is 0 Å². The lowest BCUT2D eigenvalue weighted by atomic mass is 9.43. The van der Waals surface area contributed by atoms with Crippen LogP contribution in [0.2, 0.25) is 0 Å². The van der Waals surface area contributed by atoms with E-state index in [1.165, 1.54) is 148 Å². The van der Waals surface area contributed by atoms with Gasteiger partial charge in [-0.3, -0.25) is 4.79 Å². The molecule has 2 spiro atoms. The van der Waals surface area contributed by atoms with Gasteiger partial charge in [-0.05, 0) is 69.6 Å². The van der Waals surface area contributed by atoms with Crippen LogP contribution in [0.3, 0.4) is 0 Å². The number of rotatable bonds is 14. The Balaban J connectivity index is 1.28. The lowest BCUT2D eigenvalue weighted by molar-refractivity contribution is -0.169. The van der Waals surface area contributed by atoms with E-state index < -0.39 is 0 Å². The van der Waals surface area contributed by atoms with Gasteiger partial charge in [0.05, 0.1) is 0 Å². The molecule has 0 amide bonds. The normalized spacial score (nSPS) is 33.2. The molecule has 3 saturated carbocycles. The molecular weight excluding hydrogens is 376 g/mol. The number of hydrogen-bond donors (Lipinski definition) is 0. The van der Waals surface area contributed by atoms with E-state index >= 15 is 0 Å². The summed E-state index contributed by atoms with van der Waals surface area (Å²) in [4.78, 5) is 13.5. The molecule has 0 aromatic rings. The summed E-state index contributed by atoms with van der Waals surface area (Å²) in [5.74, 6) is 2.58. The van der Waals surface area contributed by atoms with E-state index in [0.29, 0.717) is 0 Å². The summed E-state index contributed by atoms with van der Waals surface area (Å²) in [5.41, 5.74) is 0.285. The maximum Gasteiger partial charge on any atom is 0.145 e. The first kappa shape index (κ1) is 25.3. The van der Waals surface area contributed by atoms with Crippen LogP contribution in [0.15, 0.2) is 0 Å². The zero-order valence-electron chi connectivity index (χ0n) is 21.3. The minimum absolute atomic E-state index is 0.143. The lowest BCUT2D eigenvalue weighted by Crippen LogP contribution is -2.59. The van der Waals surface area contributed by atoms with Crippen molar-refractivity contribution in [2.24, 2.45) is 22.7 Å². The maximum absolute atomic E-state index is 13.5. The molecule has 3 aliphatic rings. The summed E-state index contributed by atoms with van der Waals surface area (Å²) in [7, 11) is 0. The second kappa shape index (κ2) is 12.8. The van der Waals surface area contributed by atoms with E-state index in [-0.39, 0.29) is 10.8 Å². The van der Waals surface area contributed by atoms with Crippen molar-refractivity contribution >= 4 is 5.78 Å². The molecule has 3 fully saturated rings. The van der Waals surface area contributed by atoms with Gasteiger partial charge in [-0.2, -0.15) is 0 Å². The average molecular weight is 431 g/mol. The lowest BCUT2D eigenvalue weighted by Gasteiger charge is -2.59. The first-order chi connectivity index (χ1) is 15.1. The minimum atomic E-state index is 0.143. The maximum atomic E-state index is 13.5. The molecule has 3 rings (SSSR count). The van der Waals surface area contributed by atoms with Crippen LogP contribution in [0.1, 0.15) is 162 Å². The van der Waals surface area contributed by atoms with E-state index in [2.05, 4.69) is 13.8 Å². The van der Waals surface area contributed by atoms with Crippen LogP contribution in [0.4, 0.5) is 0 Å². The molecule has 0 heterocycles. The molecular formula is C30H54O. The van der Waals surface area contributed by atoms with Crippen LogP contribution in [0, 0.1) is 22.7 Å². The van der Waals surface area contributed by atoms with Gasteiger partial charge in [0.2, 0.25) is 0 Å². The number of carbonyl (C=O) groups is 1. The van der Waals surface area contributed by atoms with E-state index in [9.17, 15) is 4.79 Å². The average Bonchev–Trinajstić information content (AvgIpc) is 2.80. The molecule has 0 atom stereocenters. The fourth-order valence-corrected chi connectivity index (χ4v) is 7.54. The highest BCUT2D eigenvalue weighted by molar-refractivity contribution is 5.96. The summed E-state index contributed by atoms with van der Waals surface area (Å²) in [6.07, 6.45) is 31.4. The van der Waals surface area contributed by atoms with E-state index in [1.807, 2.05) is 0 Å². The van der Waals surface area contributed by atoms with Crippen molar-refractivity contribution in [1.82, 2.24) is 0 Å². The van der Waals surface area contributed by atoms with Crippen molar-refractivity contribution in [2.45, 2.75) is 162 Å². The Labute approximate surface area is 194 Å². The van der Waals surface area contributed by atoms with Crippen LogP contribution in [-0.4, -0.2) is 5.78 Å². The second-order valence-corrected chi connectivity index (χ2v) is 12.1. The standard InChI is InChI=1S/C30H54O/c1-3-5-7-9-11-13-15-26-17-21-29(22-18-26)25-30(28(29)31)23-19-27(20-24-30)16-14-12-10-8-6-4-2/h26-27H,3-25H2,1-2H3. The number of unbranched alkanes of at least 4 members (excludes halogenated alkanes) is 10. The van der Waals surface area contributed by atoms with E-state index in [4.69, 9.17) is 0 Å². The van der Waals surface area contributed by atoms with E-state index in [0.717, 1.165) is 17.6 Å². The molecule has 3 aliphatic carbocycles. The van der Waals surface area contributed by atoms with Crippen molar-refractivity contribution in [3.05, 3.63) is 0 Å². The van der Waals surface area contributed by atoms with Crippen molar-refractivity contribution in [1.29, 1.82) is 0 Å². The molecule has 0 unspecified atom stereocenters. The highest BCUT2D eigenvalue weighted by Crippen LogP contribution is 2.64. The largest absolute Gasteiger partial charge is 0.298 e. The Hall–Kier alpha value is -0.330. The SMILES string of the molecule is CCCCCCCCC1CCC2(CC1)CC1(CCC(CCCCCCCC)CC1)C2=O. The van der Waals surface area contributed by atoms with Crippen LogP contribution in [0.25, 0.3) is 0 Å². The Morgan fingerprint density at radius 1 is 0.581 bits per heavy atom. The summed E-state index contributed by atoms with van der Waals surface area (Å²) < 4.78 is 0. The summed E-state index contributed by atoms with van der Waals surface area (Å²) in [6, 6.07) is 0. The fourth-order valence-electron chi connectivity index (χ4n) is 7.54. The van der Waals surface area contributed by atoms with Crippen molar-refractivity contribution in [3.8, 4) is 0 Å². The van der Waals surface area contributed by atoms with Gasteiger partial charge < -0.3 is 0 Å². The zero-order chi connectivity index (χ0) is 22.0. The number of carbonyl (C=O) groups excluding carboxylic acids is 1. The molecule has 0 bridgehead atoms. The predicted molar refractivity (Wildman–Crippen MR) is 134 cm³/mol. The van der Waals surface area contributed by atoms with E-state index in [1.54, 1.807) is 0 Å². The van der Waals surface area contributed by atoms with Crippen LogP contribution in [0.5, 0.6) is 0 Å². The molecule has 180 valence electrons. The summed E-state index contributed by atoms with van der Waals surface area (Å²) in [5, 5.41) is 0. The molecule has 31 heavy (non-hydrogen) atoms. The molecule has 0 saturated heterocycles. The summed E-state index contributed by atoms with van der Waals surface area (Å²) >= 11 is 0. The monoisotopic (exact) mass is 430 g/mol. The second-order valence-electron chi connectivity index (χ2n) is 12.1. The Morgan fingerprint density at radius 3 is 1.29 bits per heavy atom. The predicted octanol–water partition coefficient (Wildman–Crippen LogP) is 9.81. The van der Waals surface area contributed by atoms with Crippen molar-refractivity contribution in [2.75, 3.05) is 0 Å². The van der Waals surface area contributed by atoms with Gasteiger partial charge in [0, 0.05) is 10.8 Å². The zero-order valence-corrected chi connectivity index (χ0v) is 21.3. The topological polar surface area (TPSA) is 17.1 Å². The number of hydrogen-bond acceptors (Lipinski definition) is 1. The highest BCUT2D eigenvalue weighted by Gasteiger charge is 2.62.